The fourth-order valence-corrected chi connectivity index (χ4v) is 1.78. The number of nitrogens with two attached hydrogens (primary N) is 1. The van der Waals surface area contributed by atoms with Gasteiger partial charge in [0.1, 0.15) is 6.33 Å². The Morgan fingerprint density at radius 3 is 3.00 bits per heavy atom. The van der Waals surface area contributed by atoms with Gasteiger partial charge in [-0.3, -0.25) is 0 Å². The quantitative estimate of drug-likeness (QED) is 0.874. The molecule has 1 saturated carbocycles. The molecular weight excluding hydrogens is 230 g/mol. The summed E-state index contributed by atoms with van der Waals surface area (Å²) in [6.45, 7) is 0. The third-order valence-corrected chi connectivity index (χ3v) is 3.06. The summed E-state index contributed by atoms with van der Waals surface area (Å²) >= 11 is 3.41. The van der Waals surface area contributed by atoms with E-state index in [0.29, 0.717) is 0 Å². The van der Waals surface area contributed by atoms with Gasteiger partial charge in [-0.05, 0) is 34.7 Å². The van der Waals surface area contributed by atoms with E-state index in [9.17, 15) is 0 Å². The molecule has 3 nitrogen and oxygen atoms in total. The molecule has 0 aromatic carbocycles. The van der Waals surface area contributed by atoms with Gasteiger partial charge in [-0.25, -0.2) is 9.97 Å². The van der Waals surface area contributed by atoms with Crippen LogP contribution in [0.3, 0.4) is 0 Å². The summed E-state index contributed by atoms with van der Waals surface area (Å²) < 4.78 is 0.964. The van der Waals surface area contributed by atoms with Crippen molar-refractivity contribution < 1.29 is 0 Å². The van der Waals surface area contributed by atoms with Crippen molar-refractivity contribution in [2.75, 3.05) is 0 Å². The van der Waals surface area contributed by atoms with Crippen molar-refractivity contribution in [3.8, 4) is 0 Å². The third-order valence-electron chi connectivity index (χ3n) is 2.40. The second kappa shape index (κ2) is 3.72. The van der Waals surface area contributed by atoms with Crippen molar-refractivity contribution >= 4 is 15.9 Å². The van der Waals surface area contributed by atoms with Crippen molar-refractivity contribution in [2.24, 2.45) is 11.7 Å². The highest BCUT2D eigenvalue weighted by molar-refractivity contribution is 9.10. The molecule has 0 amide bonds. The third kappa shape index (κ3) is 2.25. The molecule has 1 aromatic rings. The molecule has 0 spiro atoms. The summed E-state index contributed by atoms with van der Waals surface area (Å²) in [6, 6.07) is 0.270. The monoisotopic (exact) mass is 241 g/mol. The lowest BCUT2D eigenvalue weighted by Crippen LogP contribution is -2.25. The Morgan fingerprint density at radius 1 is 1.62 bits per heavy atom. The lowest BCUT2D eigenvalue weighted by Gasteiger charge is -2.09. The topological polar surface area (TPSA) is 51.8 Å². The number of halogens is 1. The Bertz CT molecular complexity index is 299. The van der Waals surface area contributed by atoms with Crippen LogP contribution < -0.4 is 5.73 Å². The highest BCUT2D eigenvalue weighted by atomic mass is 79.9. The average Bonchev–Trinajstić information content (AvgIpc) is 2.91. The van der Waals surface area contributed by atoms with Crippen LogP contribution in [0.15, 0.2) is 17.0 Å². The summed E-state index contributed by atoms with van der Waals surface area (Å²) in [4.78, 5) is 8.10. The van der Waals surface area contributed by atoms with Crippen LogP contribution in [-0.4, -0.2) is 16.0 Å². The van der Waals surface area contributed by atoms with Gasteiger partial charge < -0.3 is 5.73 Å². The first kappa shape index (κ1) is 9.09. The van der Waals surface area contributed by atoms with Crippen LogP contribution in [0, 0.1) is 5.92 Å². The minimum Gasteiger partial charge on any atom is -0.327 e. The molecule has 70 valence electrons. The minimum atomic E-state index is 0.270. The second-order valence-electron chi connectivity index (χ2n) is 3.52. The van der Waals surface area contributed by atoms with E-state index in [-0.39, 0.29) is 6.04 Å². The molecule has 0 radical (unpaired) electrons. The van der Waals surface area contributed by atoms with Crippen LogP contribution in [0.4, 0.5) is 0 Å². The van der Waals surface area contributed by atoms with E-state index in [1.54, 1.807) is 12.5 Å². The minimum absolute atomic E-state index is 0.270. The van der Waals surface area contributed by atoms with Crippen molar-refractivity contribution in [3.05, 3.63) is 22.7 Å². The molecule has 0 saturated heterocycles. The fraction of sp³-hybridized carbons (Fsp3) is 0.556. The molecule has 1 aromatic heterocycles. The summed E-state index contributed by atoms with van der Waals surface area (Å²) in [5.74, 6) is 0.724. The largest absolute Gasteiger partial charge is 0.327 e. The molecule has 13 heavy (non-hydrogen) atoms. The van der Waals surface area contributed by atoms with Gasteiger partial charge in [0, 0.05) is 18.7 Å². The Kier molecular flexibility index (Phi) is 2.60. The van der Waals surface area contributed by atoms with Crippen molar-refractivity contribution in [1.29, 1.82) is 0 Å². The van der Waals surface area contributed by atoms with Gasteiger partial charge >= 0.3 is 0 Å². The van der Waals surface area contributed by atoms with E-state index < -0.39 is 0 Å². The molecular formula is C9H12BrN3. The van der Waals surface area contributed by atoms with Gasteiger partial charge in [-0.15, -0.1) is 0 Å². The molecule has 1 fully saturated rings. The van der Waals surface area contributed by atoms with E-state index >= 15 is 0 Å². The van der Waals surface area contributed by atoms with E-state index in [1.807, 2.05) is 0 Å². The number of aromatic nitrogens is 2. The standard InChI is InChI=1S/C9H12BrN3/c10-7-4-12-5-13-9(7)3-8(11)6-1-2-6/h4-6,8H,1-3,11H2. The first-order chi connectivity index (χ1) is 6.27. The van der Waals surface area contributed by atoms with E-state index in [1.165, 1.54) is 12.8 Å². The number of rotatable bonds is 3. The second-order valence-corrected chi connectivity index (χ2v) is 4.38. The number of hydrogen-bond donors (Lipinski definition) is 1. The Hall–Kier alpha value is -0.480. The predicted octanol–water partition coefficient (Wildman–Crippen LogP) is 1.52. The smallest absolute Gasteiger partial charge is 0.115 e. The Balaban J connectivity index is 2.03. The molecule has 2 N–H and O–H groups in total. The van der Waals surface area contributed by atoms with Gasteiger partial charge in [0.2, 0.25) is 0 Å². The van der Waals surface area contributed by atoms with Crippen LogP contribution in [0.2, 0.25) is 0 Å². The Morgan fingerprint density at radius 2 is 2.38 bits per heavy atom. The molecule has 1 aliphatic rings. The molecule has 1 heterocycles. The zero-order chi connectivity index (χ0) is 9.26. The molecule has 1 aliphatic carbocycles. The predicted molar refractivity (Wildman–Crippen MR) is 54.1 cm³/mol. The van der Waals surface area contributed by atoms with E-state index in [4.69, 9.17) is 5.73 Å². The van der Waals surface area contributed by atoms with Crippen LogP contribution in [0.25, 0.3) is 0 Å². The highest BCUT2D eigenvalue weighted by Gasteiger charge is 2.28. The highest BCUT2D eigenvalue weighted by Crippen LogP contribution is 2.33. The first-order valence-electron chi connectivity index (χ1n) is 4.47. The van der Waals surface area contributed by atoms with Crippen molar-refractivity contribution in [1.82, 2.24) is 9.97 Å². The van der Waals surface area contributed by atoms with E-state index in [0.717, 1.165) is 22.5 Å². The molecule has 1 atom stereocenters. The zero-order valence-corrected chi connectivity index (χ0v) is 8.87. The van der Waals surface area contributed by atoms with Gasteiger partial charge in [0.15, 0.2) is 0 Å². The van der Waals surface area contributed by atoms with Crippen LogP contribution >= 0.6 is 15.9 Å². The normalized spacial score (nSPS) is 18.6. The maximum Gasteiger partial charge on any atom is 0.115 e. The van der Waals surface area contributed by atoms with Crippen LogP contribution in [-0.2, 0) is 6.42 Å². The van der Waals surface area contributed by atoms with Gasteiger partial charge in [-0.2, -0.15) is 0 Å². The first-order valence-corrected chi connectivity index (χ1v) is 5.26. The van der Waals surface area contributed by atoms with Crippen LogP contribution in [0.5, 0.6) is 0 Å². The lowest BCUT2D eigenvalue weighted by molar-refractivity contribution is 0.582. The van der Waals surface area contributed by atoms with Gasteiger partial charge in [-0.1, -0.05) is 0 Å². The summed E-state index contributed by atoms with van der Waals surface area (Å²) in [5, 5.41) is 0. The van der Waals surface area contributed by atoms with E-state index in [2.05, 4.69) is 25.9 Å². The maximum atomic E-state index is 6.00. The van der Waals surface area contributed by atoms with Crippen LogP contribution in [0.1, 0.15) is 18.5 Å². The van der Waals surface area contributed by atoms with Crippen molar-refractivity contribution in [3.63, 3.8) is 0 Å². The molecule has 0 aliphatic heterocycles. The van der Waals surface area contributed by atoms with Gasteiger partial charge in [0.05, 0.1) is 10.2 Å². The lowest BCUT2D eigenvalue weighted by atomic mass is 10.1. The zero-order valence-electron chi connectivity index (χ0n) is 7.28. The van der Waals surface area contributed by atoms with Crippen molar-refractivity contribution in [2.45, 2.75) is 25.3 Å². The SMILES string of the molecule is NC(Cc1ncncc1Br)C1CC1. The maximum absolute atomic E-state index is 6.00. The molecule has 4 heteroatoms. The average molecular weight is 242 g/mol. The molecule has 0 bridgehead atoms. The summed E-state index contributed by atoms with van der Waals surface area (Å²) in [5.41, 5.74) is 7.02. The van der Waals surface area contributed by atoms with Gasteiger partial charge in [0.25, 0.3) is 0 Å². The fourth-order valence-electron chi connectivity index (χ4n) is 1.40. The molecule has 2 rings (SSSR count). The molecule has 1 unspecified atom stereocenters. The Labute approximate surface area is 85.9 Å². The number of nitrogens with zero attached hydrogens (tertiary/aromatic N) is 2. The number of hydrogen-bond acceptors (Lipinski definition) is 3. The summed E-state index contributed by atoms with van der Waals surface area (Å²) in [7, 11) is 0. The summed E-state index contributed by atoms with van der Waals surface area (Å²) in [6.07, 6.45) is 6.75.